The van der Waals surface area contributed by atoms with E-state index in [1.54, 1.807) is 31.5 Å². The maximum Gasteiger partial charge on any atom is 0.239 e. The van der Waals surface area contributed by atoms with Crippen LogP contribution in [0, 0.1) is 0 Å². The largest absolute Gasteiger partial charge is 0.508 e. The quantitative estimate of drug-likeness (QED) is 0.889. The van der Waals surface area contributed by atoms with E-state index in [1.807, 2.05) is 25.1 Å². The van der Waals surface area contributed by atoms with Crippen molar-refractivity contribution < 1.29 is 9.84 Å². The number of methoxy groups -OCH3 is 1. The number of ether oxygens (including phenoxy) is 1. The molecule has 1 aromatic heterocycles. The van der Waals surface area contributed by atoms with Gasteiger partial charge in [0.2, 0.25) is 5.88 Å². The molecule has 2 rings (SSSR count). The first kappa shape index (κ1) is 15.3. The Morgan fingerprint density at radius 3 is 2.76 bits per heavy atom. The molecule has 1 heterocycles. The third kappa shape index (κ3) is 3.49. The highest BCUT2D eigenvalue weighted by atomic mass is 35.5. The van der Waals surface area contributed by atoms with Gasteiger partial charge in [-0.2, -0.15) is 0 Å². The maximum atomic E-state index is 9.86. The lowest BCUT2D eigenvalue weighted by atomic mass is 10.2. The van der Waals surface area contributed by atoms with E-state index in [-0.39, 0.29) is 5.75 Å². The van der Waals surface area contributed by atoms with Gasteiger partial charge in [0.15, 0.2) is 0 Å². The van der Waals surface area contributed by atoms with Gasteiger partial charge in [0, 0.05) is 37.4 Å². The van der Waals surface area contributed by atoms with Crippen molar-refractivity contribution in [3.05, 3.63) is 41.0 Å². The second-order valence-electron chi connectivity index (χ2n) is 4.74. The summed E-state index contributed by atoms with van der Waals surface area (Å²) in [7, 11) is 5.46. The Hall–Kier alpha value is -2.14. The normalized spacial score (nSPS) is 10.3. The van der Waals surface area contributed by atoms with Crippen molar-refractivity contribution in [3.63, 3.8) is 0 Å². The van der Waals surface area contributed by atoms with Crippen LogP contribution < -0.4 is 15.0 Å². The Bertz CT molecular complexity index is 632. The highest BCUT2D eigenvalue weighted by Gasteiger charge is 2.12. The first-order valence-corrected chi connectivity index (χ1v) is 6.82. The van der Waals surface area contributed by atoms with E-state index in [1.165, 1.54) is 0 Å². The van der Waals surface area contributed by atoms with Crippen molar-refractivity contribution in [2.45, 2.75) is 6.54 Å². The molecule has 0 fully saturated rings. The zero-order valence-corrected chi connectivity index (χ0v) is 13.0. The third-order valence-corrected chi connectivity index (χ3v) is 3.30. The first-order valence-electron chi connectivity index (χ1n) is 6.44. The van der Waals surface area contributed by atoms with Crippen LogP contribution in [-0.2, 0) is 6.54 Å². The minimum absolute atomic E-state index is 0.196. The van der Waals surface area contributed by atoms with E-state index in [0.717, 1.165) is 11.4 Å². The minimum atomic E-state index is 0.196. The van der Waals surface area contributed by atoms with Crippen LogP contribution >= 0.6 is 11.6 Å². The standard InChI is InChI=1S/C15H18ClN3O2/c1-19(2)12-6-7-17-15(21-3)14(12)18-9-10-8-11(16)4-5-13(10)20/h4-8,18,20H,9H2,1-3H3. The molecule has 0 aliphatic heterocycles. The van der Waals surface area contributed by atoms with Crippen molar-refractivity contribution in [3.8, 4) is 11.6 Å². The van der Waals surface area contributed by atoms with Gasteiger partial charge in [0.05, 0.1) is 12.8 Å². The molecular weight excluding hydrogens is 290 g/mol. The number of phenolic OH excluding ortho intramolecular Hbond substituents is 1. The number of benzene rings is 1. The molecule has 5 nitrogen and oxygen atoms in total. The molecule has 0 bridgehead atoms. The fourth-order valence-electron chi connectivity index (χ4n) is 2.01. The van der Waals surface area contributed by atoms with Gasteiger partial charge >= 0.3 is 0 Å². The Kier molecular flexibility index (Phi) is 4.75. The van der Waals surface area contributed by atoms with E-state index < -0.39 is 0 Å². The average molecular weight is 308 g/mol. The van der Waals surface area contributed by atoms with Crippen LogP contribution in [0.2, 0.25) is 5.02 Å². The molecule has 0 atom stereocenters. The number of hydrogen-bond donors (Lipinski definition) is 2. The average Bonchev–Trinajstić information content (AvgIpc) is 2.47. The van der Waals surface area contributed by atoms with Gasteiger partial charge < -0.3 is 20.1 Å². The summed E-state index contributed by atoms with van der Waals surface area (Å²) in [6.07, 6.45) is 1.69. The Morgan fingerprint density at radius 2 is 2.10 bits per heavy atom. The van der Waals surface area contributed by atoms with Crippen molar-refractivity contribution in [2.75, 3.05) is 31.4 Å². The zero-order chi connectivity index (χ0) is 15.4. The van der Waals surface area contributed by atoms with Crippen LogP contribution in [0.5, 0.6) is 11.6 Å². The number of halogens is 1. The Balaban J connectivity index is 2.29. The van der Waals surface area contributed by atoms with Gasteiger partial charge in [0.1, 0.15) is 11.4 Å². The van der Waals surface area contributed by atoms with Crippen molar-refractivity contribution >= 4 is 23.0 Å². The Labute approximate surface area is 129 Å². The molecule has 0 unspecified atom stereocenters. The molecular formula is C15H18ClN3O2. The molecule has 6 heteroatoms. The van der Waals surface area contributed by atoms with E-state index in [0.29, 0.717) is 23.0 Å². The topological polar surface area (TPSA) is 57.6 Å². The number of aromatic hydroxyl groups is 1. The number of rotatable bonds is 5. The van der Waals surface area contributed by atoms with Gasteiger partial charge in [-0.25, -0.2) is 4.98 Å². The summed E-state index contributed by atoms with van der Waals surface area (Å²) >= 11 is 5.95. The summed E-state index contributed by atoms with van der Waals surface area (Å²) in [4.78, 5) is 6.16. The monoisotopic (exact) mass is 307 g/mol. The van der Waals surface area contributed by atoms with Gasteiger partial charge in [0.25, 0.3) is 0 Å². The van der Waals surface area contributed by atoms with Crippen LogP contribution in [0.15, 0.2) is 30.5 Å². The first-order chi connectivity index (χ1) is 10.0. The smallest absolute Gasteiger partial charge is 0.239 e. The summed E-state index contributed by atoms with van der Waals surface area (Å²) in [5.74, 6) is 0.698. The highest BCUT2D eigenvalue weighted by molar-refractivity contribution is 6.30. The molecule has 21 heavy (non-hydrogen) atoms. The summed E-state index contributed by atoms with van der Waals surface area (Å²) in [5.41, 5.74) is 2.42. The fraction of sp³-hybridized carbons (Fsp3) is 0.267. The number of nitrogens with one attached hydrogen (secondary N) is 1. The molecule has 2 N–H and O–H groups in total. The van der Waals surface area contributed by atoms with Crippen molar-refractivity contribution in [1.82, 2.24) is 4.98 Å². The number of aromatic nitrogens is 1. The molecule has 0 saturated heterocycles. The van der Waals surface area contributed by atoms with Gasteiger partial charge in [-0.3, -0.25) is 0 Å². The van der Waals surface area contributed by atoms with Crippen LogP contribution in [0.1, 0.15) is 5.56 Å². The fourth-order valence-corrected chi connectivity index (χ4v) is 2.20. The summed E-state index contributed by atoms with van der Waals surface area (Å²) in [6.45, 7) is 0.412. The molecule has 1 aromatic carbocycles. The lowest BCUT2D eigenvalue weighted by Gasteiger charge is -2.20. The predicted molar refractivity (Wildman–Crippen MR) is 85.6 cm³/mol. The van der Waals surface area contributed by atoms with E-state index in [9.17, 15) is 5.11 Å². The van der Waals surface area contributed by atoms with Crippen LogP contribution in [0.3, 0.4) is 0 Å². The summed E-state index contributed by atoms with van der Waals surface area (Å²) < 4.78 is 5.29. The lowest BCUT2D eigenvalue weighted by molar-refractivity contribution is 0.399. The molecule has 112 valence electrons. The maximum absolute atomic E-state index is 9.86. The number of anilines is 2. The van der Waals surface area contributed by atoms with Crippen LogP contribution in [0.25, 0.3) is 0 Å². The SMILES string of the molecule is COc1nccc(N(C)C)c1NCc1cc(Cl)ccc1O. The number of hydrogen-bond acceptors (Lipinski definition) is 5. The molecule has 0 radical (unpaired) electrons. The summed E-state index contributed by atoms with van der Waals surface area (Å²) in [5, 5.41) is 13.7. The molecule has 0 amide bonds. The highest BCUT2D eigenvalue weighted by Crippen LogP contribution is 2.33. The van der Waals surface area contributed by atoms with E-state index in [2.05, 4.69) is 10.3 Å². The zero-order valence-electron chi connectivity index (χ0n) is 12.2. The van der Waals surface area contributed by atoms with Gasteiger partial charge in [-0.15, -0.1) is 0 Å². The predicted octanol–water partition coefficient (Wildman–Crippen LogP) is 3.13. The number of pyridine rings is 1. The Morgan fingerprint density at radius 1 is 1.33 bits per heavy atom. The molecule has 0 aliphatic carbocycles. The third-order valence-electron chi connectivity index (χ3n) is 3.07. The van der Waals surface area contributed by atoms with Gasteiger partial charge in [-0.1, -0.05) is 11.6 Å². The van der Waals surface area contributed by atoms with Crippen molar-refractivity contribution in [1.29, 1.82) is 0 Å². The minimum Gasteiger partial charge on any atom is -0.508 e. The van der Waals surface area contributed by atoms with Crippen LogP contribution in [0.4, 0.5) is 11.4 Å². The molecule has 2 aromatic rings. The van der Waals surface area contributed by atoms with E-state index >= 15 is 0 Å². The summed E-state index contributed by atoms with van der Waals surface area (Å²) in [6, 6.07) is 6.84. The van der Waals surface area contributed by atoms with Crippen molar-refractivity contribution in [2.24, 2.45) is 0 Å². The molecule has 0 spiro atoms. The molecule has 0 saturated carbocycles. The number of nitrogens with zero attached hydrogens (tertiary/aromatic N) is 2. The van der Waals surface area contributed by atoms with E-state index in [4.69, 9.17) is 16.3 Å². The second kappa shape index (κ2) is 6.54. The number of phenols is 1. The van der Waals surface area contributed by atoms with Crippen LogP contribution in [-0.4, -0.2) is 31.3 Å². The van der Waals surface area contributed by atoms with Gasteiger partial charge in [-0.05, 0) is 24.3 Å². The lowest BCUT2D eigenvalue weighted by Crippen LogP contribution is -2.13. The second-order valence-corrected chi connectivity index (χ2v) is 5.17. The molecule has 0 aliphatic rings.